The van der Waals surface area contributed by atoms with Crippen molar-refractivity contribution in [2.24, 2.45) is 0 Å². The molecule has 6 N–H and O–H groups in total. The Kier molecular flexibility index (Phi) is 13.8. The number of hydrogen-bond donors (Lipinski definition) is 6. The molecule has 2 heterocycles. The second kappa shape index (κ2) is 19.7. The van der Waals surface area contributed by atoms with E-state index in [1.807, 2.05) is 91.0 Å². The van der Waals surface area contributed by atoms with Gasteiger partial charge in [0, 0.05) is 44.2 Å². The van der Waals surface area contributed by atoms with E-state index in [0.29, 0.717) is 22.4 Å². The molecule has 4 atom stereocenters. The van der Waals surface area contributed by atoms with Crippen molar-refractivity contribution in [3.8, 4) is 11.1 Å². The number of carbonyl (C=O) groups excluding carboxylic acids is 5. The van der Waals surface area contributed by atoms with Crippen LogP contribution in [0.15, 0.2) is 140 Å². The molecule has 5 aromatic carbocycles. The number of hydrogen-bond acceptors (Lipinski definition) is 6. The summed E-state index contributed by atoms with van der Waals surface area (Å²) in [5.41, 5.74) is 5.13. The summed E-state index contributed by atoms with van der Waals surface area (Å²) in [5.74, 6) is -4.32. The third kappa shape index (κ3) is 11.7. The Bertz CT molecular complexity index is 2200. The van der Waals surface area contributed by atoms with Crippen LogP contribution in [-0.4, -0.2) is 64.8 Å². The minimum absolute atomic E-state index is 0.0199. The first-order chi connectivity index (χ1) is 28.1. The van der Waals surface area contributed by atoms with Crippen molar-refractivity contribution in [3.05, 3.63) is 162 Å². The quantitative estimate of drug-likeness (QED) is 0.126. The fraction of sp³-hybridized carbons (Fsp3) is 0.217. The Morgan fingerprint density at radius 3 is 1.43 bits per heavy atom. The molecule has 0 radical (unpaired) electrons. The predicted octanol–water partition coefficient (Wildman–Crippen LogP) is 4.38. The van der Waals surface area contributed by atoms with Crippen molar-refractivity contribution in [3.63, 3.8) is 0 Å². The van der Waals surface area contributed by atoms with Gasteiger partial charge >= 0.3 is 5.97 Å². The third-order valence-electron chi connectivity index (χ3n) is 9.86. The van der Waals surface area contributed by atoms with E-state index in [1.165, 1.54) is 0 Å². The van der Waals surface area contributed by atoms with Crippen molar-refractivity contribution >= 4 is 41.2 Å². The number of carboxylic acid groups (broad SMARTS) is 1. The van der Waals surface area contributed by atoms with Crippen molar-refractivity contribution < 1.29 is 33.9 Å². The fourth-order valence-corrected chi connectivity index (χ4v) is 6.72. The fourth-order valence-electron chi connectivity index (χ4n) is 6.72. The first kappa shape index (κ1) is 40.6. The smallest absolute Gasteiger partial charge is 0.326 e. The Hall–Kier alpha value is -7.08. The number of nitrogens with one attached hydrogen (secondary N) is 5. The summed E-state index contributed by atoms with van der Waals surface area (Å²) in [5, 5.41) is 23.9. The minimum atomic E-state index is -1.35. The van der Waals surface area contributed by atoms with Crippen LogP contribution in [0.25, 0.3) is 11.1 Å². The zero-order chi connectivity index (χ0) is 40.9. The Morgan fingerprint density at radius 2 is 0.914 bits per heavy atom. The predicted molar refractivity (Wildman–Crippen MR) is 219 cm³/mol. The molecule has 0 aliphatic carbocycles. The van der Waals surface area contributed by atoms with E-state index in [-0.39, 0.29) is 38.5 Å². The van der Waals surface area contributed by atoms with Gasteiger partial charge in [0.1, 0.15) is 24.2 Å². The molecule has 0 aromatic heterocycles. The number of carboxylic acids is 1. The molecule has 7 rings (SSSR count). The van der Waals surface area contributed by atoms with Crippen LogP contribution in [-0.2, 0) is 54.5 Å². The van der Waals surface area contributed by atoms with Gasteiger partial charge in [-0.25, -0.2) is 4.79 Å². The molecule has 5 aromatic rings. The maximum absolute atomic E-state index is 14.4. The maximum atomic E-state index is 14.4. The van der Waals surface area contributed by atoms with Gasteiger partial charge in [-0.05, 0) is 45.5 Å². The number of aliphatic carboxylic acids is 1. The zero-order valence-corrected chi connectivity index (χ0v) is 31.7. The van der Waals surface area contributed by atoms with Crippen molar-refractivity contribution in [2.45, 2.75) is 62.7 Å². The summed E-state index contributed by atoms with van der Waals surface area (Å²) in [4.78, 5) is 81.2. The highest BCUT2D eigenvalue weighted by molar-refractivity contribution is 5.97. The first-order valence-electron chi connectivity index (χ1n) is 19.1. The molecule has 296 valence electrons. The van der Waals surface area contributed by atoms with Crippen LogP contribution in [0.4, 0.5) is 5.69 Å². The number of carbonyl (C=O) groups is 6. The number of rotatable bonds is 8. The lowest BCUT2D eigenvalue weighted by molar-refractivity contribution is -0.142. The minimum Gasteiger partial charge on any atom is -0.480 e. The average molecular weight is 780 g/mol. The lowest BCUT2D eigenvalue weighted by Gasteiger charge is -2.26. The van der Waals surface area contributed by atoms with E-state index >= 15 is 0 Å². The van der Waals surface area contributed by atoms with Gasteiger partial charge in [0.05, 0.1) is 0 Å². The standard InChI is InChI=1S/C46H45N5O7/c52-41-24-25-42(53)48-37(26-30-10-4-1-5-11-30)43(54)49-39(28-32-16-20-35(21-17-32)34-14-8-3-9-15-34)44(55)50-38(27-31-12-6-2-7-13-31)45(56)51-40(46(57)58)29-33-18-22-36(47-41)23-19-33/h1-23,37-40H,24-29H2,(H,47,52)(H,48,53)(H,49,54)(H,50,55)(H,51,56)(H,57,58)/t37-,38-,39+,40+/m1/s1. The third-order valence-corrected chi connectivity index (χ3v) is 9.86. The van der Waals surface area contributed by atoms with Gasteiger partial charge in [0.2, 0.25) is 29.5 Å². The van der Waals surface area contributed by atoms with Gasteiger partial charge in [0.25, 0.3) is 0 Å². The second-order valence-electron chi connectivity index (χ2n) is 14.2. The van der Waals surface area contributed by atoms with Gasteiger partial charge in [-0.2, -0.15) is 0 Å². The highest BCUT2D eigenvalue weighted by Gasteiger charge is 2.32. The Labute approximate surface area is 336 Å². The summed E-state index contributed by atoms with van der Waals surface area (Å²) in [6.45, 7) is 0. The average Bonchev–Trinajstić information content (AvgIpc) is 3.23. The SMILES string of the molecule is O=C1CCC(=O)N[C@H](Cc2ccccc2)C(=O)N[C@@H](Cc2ccc(-c3ccccc3)cc2)C(=O)N[C@H](Cc2ccccc2)C(=O)N[C@H](C(=O)O)Cc2ccc(cc2)N1. The molecule has 0 spiro atoms. The van der Waals surface area contributed by atoms with Crippen LogP contribution in [0.3, 0.4) is 0 Å². The second-order valence-corrected chi connectivity index (χ2v) is 14.2. The Balaban J connectivity index is 1.35. The first-order valence-corrected chi connectivity index (χ1v) is 19.1. The molecule has 5 amide bonds. The van der Waals surface area contributed by atoms with E-state index in [2.05, 4.69) is 26.6 Å². The van der Waals surface area contributed by atoms with Gasteiger partial charge in [-0.1, -0.05) is 127 Å². The van der Waals surface area contributed by atoms with E-state index in [0.717, 1.165) is 16.7 Å². The lowest BCUT2D eigenvalue weighted by Crippen LogP contribution is -2.59. The molecule has 2 aliphatic rings. The molecule has 0 fully saturated rings. The molecule has 0 unspecified atom stereocenters. The molecule has 0 saturated carbocycles. The Morgan fingerprint density at radius 1 is 0.483 bits per heavy atom. The monoisotopic (exact) mass is 779 g/mol. The number of anilines is 1. The summed E-state index contributed by atoms with van der Waals surface area (Å²) in [7, 11) is 0. The molecule has 2 bridgehead atoms. The van der Waals surface area contributed by atoms with Crippen molar-refractivity contribution in [1.82, 2.24) is 21.3 Å². The van der Waals surface area contributed by atoms with Gasteiger partial charge in [-0.15, -0.1) is 0 Å². The van der Waals surface area contributed by atoms with E-state index in [9.17, 15) is 33.9 Å². The highest BCUT2D eigenvalue weighted by Crippen LogP contribution is 2.20. The summed E-state index contributed by atoms with van der Waals surface area (Å²) >= 11 is 0. The van der Waals surface area contributed by atoms with Crippen molar-refractivity contribution in [1.29, 1.82) is 0 Å². The van der Waals surface area contributed by atoms with E-state index < -0.39 is 59.7 Å². The summed E-state index contributed by atoms with van der Waals surface area (Å²) < 4.78 is 0. The van der Waals surface area contributed by atoms with Crippen LogP contribution in [0.1, 0.15) is 35.1 Å². The summed E-state index contributed by atoms with van der Waals surface area (Å²) in [6.07, 6.45) is -0.332. The van der Waals surface area contributed by atoms with E-state index in [4.69, 9.17) is 0 Å². The maximum Gasteiger partial charge on any atom is 0.326 e. The molecule has 12 heteroatoms. The lowest BCUT2D eigenvalue weighted by atomic mass is 9.98. The molecule has 58 heavy (non-hydrogen) atoms. The summed E-state index contributed by atoms with van der Waals surface area (Å²) in [6, 6.07) is 36.9. The number of fused-ring (bicyclic) bond motifs is 18. The normalized spacial score (nSPS) is 19.7. The van der Waals surface area contributed by atoms with Gasteiger partial charge in [0.15, 0.2) is 0 Å². The van der Waals surface area contributed by atoms with Gasteiger partial charge < -0.3 is 31.7 Å². The zero-order valence-electron chi connectivity index (χ0n) is 31.7. The van der Waals surface area contributed by atoms with Crippen LogP contribution < -0.4 is 26.6 Å². The largest absolute Gasteiger partial charge is 0.480 e. The topological polar surface area (TPSA) is 183 Å². The van der Waals surface area contributed by atoms with Crippen molar-refractivity contribution in [2.75, 3.05) is 5.32 Å². The molecule has 0 saturated heterocycles. The molecule has 12 nitrogen and oxygen atoms in total. The molecular formula is C46H45N5O7. The van der Waals surface area contributed by atoms with Crippen LogP contribution in [0.5, 0.6) is 0 Å². The number of amides is 5. The van der Waals surface area contributed by atoms with Gasteiger partial charge in [-0.3, -0.25) is 24.0 Å². The number of benzene rings is 5. The molecular weight excluding hydrogens is 735 g/mol. The van der Waals surface area contributed by atoms with E-state index in [1.54, 1.807) is 48.5 Å². The highest BCUT2D eigenvalue weighted by atomic mass is 16.4. The molecule has 2 aliphatic heterocycles. The van der Waals surface area contributed by atoms with Crippen LogP contribution in [0, 0.1) is 0 Å². The van der Waals surface area contributed by atoms with Crippen LogP contribution >= 0.6 is 0 Å². The van der Waals surface area contributed by atoms with Crippen LogP contribution in [0.2, 0.25) is 0 Å².